The Morgan fingerprint density at radius 1 is 1.47 bits per heavy atom. The molecule has 1 atom stereocenters. The van der Waals surface area contributed by atoms with Crippen LogP contribution in [0.1, 0.15) is 10.5 Å². The van der Waals surface area contributed by atoms with Crippen molar-refractivity contribution in [2.24, 2.45) is 0 Å². The van der Waals surface area contributed by atoms with Crippen molar-refractivity contribution >= 4 is 11.9 Å². The minimum Gasteiger partial charge on any atom is -0.467 e. The topological polar surface area (TPSA) is 88.7 Å². The molecular weight excluding hydrogens is 252 g/mol. The largest absolute Gasteiger partial charge is 0.467 e. The van der Waals surface area contributed by atoms with Crippen LogP contribution in [0, 0.1) is 0 Å². The highest BCUT2D eigenvalue weighted by atomic mass is 16.5. The van der Waals surface area contributed by atoms with Gasteiger partial charge in [0.1, 0.15) is 5.69 Å². The first-order valence-corrected chi connectivity index (χ1v) is 5.79. The Hall–Kier alpha value is -2.15. The van der Waals surface area contributed by atoms with Crippen LogP contribution in [0.3, 0.4) is 0 Å². The Kier molecular flexibility index (Phi) is 3.96. The highest BCUT2D eigenvalue weighted by Crippen LogP contribution is 2.12. The first-order valence-electron chi connectivity index (χ1n) is 5.79. The van der Waals surface area contributed by atoms with Gasteiger partial charge in [-0.15, -0.1) is 0 Å². The summed E-state index contributed by atoms with van der Waals surface area (Å²) in [5.74, 6) is -0.956. The second-order valence-corrected chi connectivity index (χ2v) is 4.04. The first-order chi connectivity index (χ1) is 9.13. The molecule has 7 heteroatoms. The fourth-order valence-electron chi connectivity index (χ4n) is 1.91. The van der Waals surface area contributed by atoms with Crippen LogP contribution in [0.2, 0.25) is 0 Å². The molecule has 19 heavy (non-hydrogen) atoms. The van der Waals surface area contributed by atoms with Crippen LogP contribution in [0.25, 0.3) is 0 Å². The summed E-state index contributed by atoms with van der Waals surface area (Å²) in [5.41, 5.74) is -0.225. The molecule has 7 nitrogen and oxygen atoms in total. The molecule has 2 rings (SSSR count). The quantitative estimate of drug-likeness (QED) is 0.721. The van der Waals surface area contributed by atoms with Crippen molar-refractivity contribution in [3.8, 4) is 0 Å². The Morgan fingerprint density at radius 3 is 2.95 bits per heavy atom. The Balaban J connectivity index is 2.25. The van der Waals surface area contributed by atoms with E-state index in [1.807, 2.05) is 0 Å². The van der Waals surface area contributed by atoms with Gasteiger partial charge in [0.15, 0.2) is 6.04 Å². The third-order valence-corrected chi connectivity index (χ3v) is 2.86. The van der Waals surface area contributed by atoms with Gasteiger partial charge >= 0.3 is 5.97 Å². The van der Waals surface area contributed by atoms with E-state index in [4.69, 9.17) is 4.74 Å². The molecule has 0 aromatic carbocycles. The third-order valence-electron chi connectivity index (χ3n) is 2.86. The number of hydrogen-bond donors (Lipinski definition) is 1. The van der Waals surface area contributed by atoms with E-state index in [-0.39, 0.29) is 24.4 Å². The lowest BCUT2D eigenvalue weighted by Gasteiger charge is -2.33. The Labute approximate surface area is 109 Å². The summed E-state index contributed by atoms with van der Waals surface area (Å²) in [6, 6.07) is 3.51. The maximum atomic E-state index is 12.3. The van der Waals surface area contributed by atoms with Crippen LogP contribution in [-0.4, -0.2) is 54.7 Å². The third kappa shape index (κ3) is 2.82. The number of pyridine rings is 1. The first kappa shape index (κ1) is 13.3. The number of esters is 1. The van der Waals surface area contributed by atoms with Gasteiger partial charge in [-0.1, -0.05) is 6.07 Å². The number of amides is 1. The Morgan fingerprint density at radius 2 is 2.26 bits per heavy atom. The molecule has 1 aliphatic heterocycles. The highest BCUT2D eigenvalue weighted by Gasteiger charge is 2.34. The molecule has 2 heterocycles. The smallest absolute Gasteiger partial charge is 0.331 e. The van der Waals surface area contributed by atoms with Gasteiger partial charge in [0, 0.05) is 12.6 Å². The van der Waals surface area contributed by atoms with E-state index in [0.717, 1.165) is 0 Å². The van der Waals surface area contributed by atoms with E-state index >= 15 is 0 Å². The van der Waals surface area contributed by atoms with Crippen molar-refractivity contribution in [1.82, 2.24) is 9.88 Å². The summed E-state index contributed by atoms with van der Waals surface area (Å²) in [6.45, 7) is 0.710. The van der Waals surface area contributed by atoms with Crippen LogP contribution in [0.5, 0.6) is 0 Å². The molecule has 1 fully saturated rings. The number of nitrogens with one attached hydrogen (secondary N) is 1. The summed E-state index contributed by atoms with van der Waals surface area (Å²) >= 11 is 0. The number of aromatic amines is 1. The number of carbonyl (C=O) groups excluding carboxylic acids is 2. The molecule has 1 amide bonds. The van der Waals surface area contributed by atoms with E-state index in [1.165, 1.54) is 30.2 Å². The molecule has 0 saturated carbocycles. The standard InChI is InChI=1S/C12H14N2O5/c1-18-12(17)9-7-19-6-5-14(9)11(16)8-3-2-4-10(15)13-8/h2-4,9H,5-7H2,1H3,(H,13,15). The number of morpholine rings is 1. The molecule has 0 radical (unpaired) electrons. The lowest BCUT2D eigenvalue weighted by atomic mass is 10.2. The van der Waals surface area contributed by atoms with E-state index in [1.54, 1.807) is 0 Å². The molecule has 1 aliphatic rings. The number of carbonyl (C=O) groups is 2. The lowest BCUT2D eigenvalue weighted by Crippen LogP contribution is -2.53. The van der Waals surface area contributed by atoms with Crippen LogP contribution in [0.15, 0.2) is 23.0 Å². The summed E-state index contributed by atoms with van der Waals surface area (Å²) in [5, 5.41) is 0. The monoisotopic (exact) mass is 266 g/mol. The van der Waals surface area contributed by atoms with Gasteiger partial charge in [-0.2, -0.15) is 0 Å². The predicted molar refractivity (Wildman–Crippen MR) is 64.7 cm³/mol. The van der Waals surface area contributed by atoms with Crippen molar-refractivity contribution in [2.75, 3.05) is 26.9 Å². The van der Waals surface area contributed by atoms with Gasteiger partial charge in [-0.05, 0) is 6.07 Å². The van der Waals surface area contributed by atoms with Crippen molar-refractivity contribution in [3.05, 3.63) is 34.2 Å². The molecule has 1 saturated heterocycles. The Bertz CT molecular complexity index is 539. The van der Waals surface area contributed by atoms with Crippen molar-refractivity contribution < 1.29 is 19.1 Å². The number of aromatic nitrogens is 1. The average molecular weight is 266 g/mol. The number of nitrogens with zero attached hydrogens (tertiary/aromatic N) is 1. The molecule has 0 aliphatic carbocycles. The van der Waals surface area contributed by atoms with Gasteiger partial charge in [0.05, 0.1) is 20.3 Å². The number of methoxy groups -OCH3 is 1. The minimum absolute atomic E-state index is 0.0927. The van der Waals surface area contributed by atoms with Gasteiger partial charge in [-0.25, -0.2) is 4.79 Å². The summed E-state index contributed by atoms with van der Waals surface area (Å²) in [7, 11) is 1.25. The normalized spacial score (nSPS) is 19.0. The van der Waals surface area contributed by atoms with E-state index in [2.05, 4.69) is 9.72 Å². The lowest BCUT2D eigenvalue weighted by molar-refractivity contribution is -0.151. The van der Waals surface area contributed by atoms with E-state index < -0.39 is 17.9 Å². The van der Waals surface area contributed by atoms with E-state index in [9.17, 15) is 14.4 Å². The molecule has 1 aromatic heterocycles. The summed E-state index contributed by atoms with van der Waals surface area (Å²) in [4.78, 5) is 38.9. The maximum Gasteiger partial charge on any atom is 0.331 e. The van der Waals surface area contributed by atoms with Crippen LogP contribution in [0.4, 0.5) is 0 Å². The molecular formula is C12H14N2O5. The molecule has 1 unspecified atom stereocenters. The molecule has 0 spiro atoms. The van der Waals surface area contributed by atoms with Gasteiger partial charge in [0.2, 0.25) is 5.56 Å². The van der Waals surface area contributed by atoms with Gasteiger partial charge in [0.25, 0.3) is 5.91 Å². The minimum atomic E-state index is -0.782. The fraction of sp³-hybridized carbons (Fsp3) is 0.417. The van der Waals surface area contributed by atoms with Crippen LogP contribution >= 0.6 is 0 Å². The molecule has 1 N–H and O–H groups in total. The van der Waals surface area contributed by atoms with E-state index in [0.29, 0.717) is 6.61 Å². The van der Waals surface area contributed by atoms with Crippen molar-refractivity contribution in [3.63, 3.8) is 0 Å². The highest BCUT2D eigenvalue weighted by molar-refractivity contribution is 5.95. The number of hydrogen-bond acceptors (Lipinski definition) is 5. The van der Waals surface area contributed by atoms with Crippen molar-refractivity contribution in [1.29, 1.82) is 0 Å². The zero-order valence-corrected chi connectivity index (χ0v) is 10.4. The molecule has 0 bridgehead atoms. The van der Waals surface area contributed by atoms with Crippen LogP contribution < -0.4 is 5.56 Å². The van der Waals surface area contributed by atoms with Crippen molar-refractivity contribution in [2.45, 2.75) is 6.04 Å². The zero-order valence-electron chi connectivity index (χ0n) is 10.4. The average Bonchev–Trinajstić information content (AvgIpc) is 2.45. The predicted octanol–water partition coefficient (Wildman–Crippen LogP) is -0.611. The molecule has 102 valence electrons. The van der Waals surface area contributed by atoms with Gasteiger partial charge in [-0.3, -0.25) is 9.59 Å². The molecule has 1 aromatic rings. The summed E-state index contributed by atoms with van der Waals surface area (Å²) in [6.07, 6.45) is 0. The fourth-order valence-corrected chi connectivity index (χ4v) is 1.91. The van der Waals surface area contributed by atoms with Gasteiger partial charge < -0.3 is 19.4 Å². The summed E-state index contributed by atoms with van der Waals surface area (Å²) < 4.78 is 9.82. The SMILES string of the molecule is COC(=O)C1COCCN1C(=O)c1cccc(=O)[nH]1. The number of rotatable bonds is 2. The number of ether oxygens (including phenoxy) is 2. The van der Waals surface area contributed by atoms with Crippen LogP contribution in [-0.2, 0) is 14.3 Å². The maximum absolute atomic E-state index is 12.3. The second kappa shape index (κ2) is 5.66. The zero-order chi connectivity index (χ0) is 13.8. The second-order valence-electron chi connectivity index (χ2n) is 4.04. The number of H-pyrrole nitrogens is 1.